The van der Waals surface area contributed by atoms with Crippen LogP contribution in [0.3, 0.4) is 0 Å². The first-order valence-corrected chi connectivity index (χ1v) is 8.18. The monoisotopic (exact) mass is 413 g/mol. The number of aromatic nitrogens is 1. The summed E-state index contributed by atoms with van der Waals surface area (Å²) in [5.41, 5.74) is 0.782. The van der Waals surface area contributed by atoms with Crippen LogP contribution >= 0.6 is 39.7 Å². The fraction of sp³-hybridized carbons (Fsp3) is 0.133. The Labute approximate surface area is 152 Å². The van der Waals surface area contributed by atoms with Gasteiger partial charge in [-0.2, -0.15) is 0 Å². The molecule has 0 unspecified atom stereocenters. The molecular weight excluding hydrogens is 402 g/mol. The Morgan fingerprint density at radius 3 is 2.57 bits per heavy atom. The van der Waals surface area contributed by atoms with Crippen molar-refractivity contribution in [3.05, 3.63) is 57.7 Å². The Morgan fingerprint density at radius 2 is 2.00 bits per heavy atom. The molecule has 0 amide bonds. The molecule has 0 aliphatic heterocycles. The quantitative estimate of drug-likeness (QED) is 0.642. The fourth-order valence-corrected chi connectivity index (χ4v) is 2.49. The van der Waals surface area contributed by atoms with E-state index in [2.05, 4.69) is 31.5 Å². The van der Waals surface area contributed by atoms with Crippen LogP contribution in [0.4, 0.5) is 5.82 Å². The normalized spacial score (nSPS) is 11.6. The lowest BCUT2D eigenvalue weighted by molar-refractivity contribution is -0.137. The van der Waals surface area contributed by atoms with E-state index < -0.39 is 12.0 Å². The summed E-state index contributed by atoms with van der Waals surface area (Å²) in [5, 5.41) is 15.9. The topological polar surface area (TPSA) is 74.2 Å². The zero-order chi connectivity index (χ0) is 16.8. The molecule has 1 aromatic carbocycles. The number of pyridine rings is 1. The maximum absolute atomic E-state index is 11.1. The Hall–Kier alpha value is -1.70. The highest BCUT2D eigenvalue weighted by atomic mass is 79.9. The molecule has 8 heteroatoms. The zero-order valence-corrected chi connectivity index (χ0v) is 15.0. The highest BCUT2D eigenvalue weighted by Gasteiger charge is 2.16. The number of carboxylic acid groups (broad SMARTS) is 1. The largest absolute Gasteiger partial charge is 0.481 e. The lowest BCUT2D eigenvalue weighted by Crippen LogP contribution is -2.33. The average molecular weight is 415 g/mol. The molecule has 0 bridgehead atoms. The Kier molecular flexibility index (Phi) is 6.32. The van der Waals surface area contributed by atoms with Crippen LogP contribution < -0.4 is 10.6 Å². The lowest BCUT2D eigenvalue weighted by Gasteiger charge is -2.19. The molecule has 0 saturated heterocycles. The SMILES string of the molecule is O=C(O)C[C@@H](NC(=S)Nc1ccc(Br)cn1)c1ccc(Cl)cc1. The van der Waals surface area contributed by atoms with E-state index in [-0.39, 0.29) is 6.42 Å². The van der Waals surface area contributed by atoms with Crippen LogP contribution in [0.15, 0.2) is 47.1 Å². The van der Waals surface area contributed by atoms with E-state index in [1.807, 2.05) is 6.07 Å². The molecule has 0 spiro atoms. The first-order valence-electron chi connectivity index (χ1n) is 6.60. The van der Waals surface area contributed by atoms with Gasteiger partial charge in [0.25, 0.3) is 0 Å². The van der Waals surface area contributed by atoms with Gasteiger partial charge in [-0.3, -0.25) is 4.79 Å². The van der Waals surface area contributed by atoms with Crippen molar-refractivity contribution in [3.63, 3.8) is 0 Å². The third kappa shape index (κ3) is 5.78. The molecule has 2 aromatic rings. The van der Waals surface area contributed by atoms with Gasteiger partial charge >= 0.3 is 5.97 Å². The molecule has 0 aliphatic rings. The van der Waals surface area contributed by atoms with Gasteiger partial charge in [-0.25, -0.2) is 4.98 Å². The fourth-order valence-electron chi connectivity index (χ4n) is 1.88. The van der Waals surface area contributed by atoms with Crippen LogP contribution in [0.1, 0.15) is 18.0 Å². The van der Waals surface area contributed by atoms with Crippen LogP contribution in [-0.4, -0.2) is 21.2 Å². The minimum Gasteiger partial charge on any atom is -0.481 e. The van der Waals surface area contributed by atoms with Crippen molar-refractivity contribution in [1.29, 1.82) is 0 Å². The van der Waals surface area contributed by atoms with Crippen molar-refractivity contribution in [2.45, 2.75) is 12.5 Å². The summed E-state index contributed by atoms with van der Waals surface area (Å²) in [5.74, 6) is -0.363. The number of hydrogen-bond acceptors (Lipinski definition) is 3. The molecule has 0 saturated carbocycles. The second kappa shape index (κ2) is 8.24. The standard InChI is InChI=1S/C15H13BrClN3O2S/c16-10-3-6-13(18-8-10)20-15(23)19-12(7-14(21)22)9-1-4-11(17)5-2-9/h1-6,8,12H,7H2,(H,21,22)(H2,18,19,20,23)/t12-/m1/s1. The van der Waals surface area contributed by atoms with E-state index in [4.69, 9.17) is 28.9 Å². The van der Waals surface area contributed by atoms with Crippen molar-refractivity contribution in [2.75, 3.05) is 5.32 Å². The number of carbonyl (C=O) groups is 1. The number of carboxylic acids is 1. The highest BCUT2D eigenvalue weighted by molar-refractivity contribution is 9.10. The van der Waals surface area contributed by atoms with Gasteiger partial charge in [-0.05, 0) is 58.0 Å². The van der Waals surface area contributed by atoms with Gasteiger partial charge in [-0.15, -0.1) is 0 Å². The van der Waals surface area contributed by atoms with E-state index in [0.717, 1.165) is 10.0 Å². The Bertz CT molecular complexity index is 695. The molecule has 1 heterocycles. The maximum Gasteiger partial charge on any atom is 0.305 e. The predicted molar refractivity (Wildman–Crippen MR) is 97.7 cm³/mol. The number of benzene rings is 1. The summed E-state index contributed by atoms with van der Waals surface area (Å²) < 4.78 is 0.854. The first kappa shape index (κ1) is 17.7. The van der Waals surface area contributed by atoms with Crippen molar-refractivity contribution in [2.24, 2.45) is 0 Å². The Morgan fingerprint density at radius 1 is 1.30 bits per heavy atom. The summed E-state index contributed by atoms with van der Waals surface area (Å²) in [7, 11) is 0. The summed E-state index contributed by atoms with van der Waals surface area (Å²) in [4.78, 5) is 15.2. The molecule has 1 atom stereocenters. The van der Waals surface area contributed by atoms with Crippen molar-refractivity contribution < 1.29 is 9.90 Å². The summed E-state index contributed by atoms with van der Waals surface area (Å²) in [6.07, 6.45) is 1.52. The molecular formula is C15H13BrClN3O2S. The number of halogens is 2. The van der Waals surface area contributed by atoms with Gasteiger partial charge in [-0.1, -0.05) is 23.7 Å². The van der Waals surface area contributed by atoms with Gasteiger partial charge in [0.1, 0.15) is 5.82 Å². The second-order valence-corrected chi connectivity index (χ2v) is 6.42. The van der Waals surface area contributed by atoms with Crippen LogP contribution in [0.2, 0.25) is 5.02 Å². The average Bonchev–Trinajstić information content (AvgIpc) is 2.49. The zero-order valence-electron chi connectivity index (χ0n) is 11.8. The second-order valence-electron chi connectivity index (χ2n) is 4.66. The molecule has 0 fully saturated rings. The minimum absolute atomic E-state index is 0.114. The molecule has 0 radical (unpaired) electrons. The van der Waals surface area contributed by atoms with Crippen molar-refractivity contribution in [3.8, 4) is 0 Å². The molecule has 2 rings (SSSR count). The maximum atomic E-state index is 11.1. The van der Waals surface area contributed by atoms with E-state index in [0.29, 0.717) is 16.0 Å². The van der Waals surface area contributed by atoms with E-state index in [9.17, 15) is 4.79 Å². The van der Waals surface area contributed by atoms with Crippen LogP contribution in [-0.2, 0) is 4.79 Å². The molecule has 5 nitrogen and oxygen atoms in total. The van der Waals surface area contributed by atoms with Crippen LogP contribution in [0, 0.1) is 0 Å². The number of nitrogens with zero attached hydrogens (tertiary/aromatic N) is 1. The summed E-state index contributed by atoms with van der Waals surface area (Å²) >= 11 is 14.4. The summed E-state index contributed by atoms with van der Waals surface area (Å²) in [6.45, 7) is 0. The predicted octanol–water partition coefficient (Wildman–Crippen LogP) is 4.00. The van der Waals surface area contributed by atoms with Gasteiger partial charge in [0, 0.05) is 15.7 Å². The molecule has 23 heavy (non-hydrogen) atoms. The number of hydrogen-bond donors (Lipinski definition) is 3. The van der Waals surface area contributed by atoms with Gasteiger partial charge < -0.3 is 15.7 Å². The lowest BCUT2D eigenvalue weighted by atomic mass is 10.0. The molecule has 3 N–H and O–H groups in total. The van der Waals surface area contributed by atoms with Gasteiger partial charge in [0.2, 0.25) is 0 Å². The van der Waals surface area contributed by atoms with E-state index >= 15 is 0 Å². The van der Waals surface area contributed by atoms with Gasteiger partial charge in [0.15, 0.2) is 5.11 Å². The molecule has 120 valence electrons. The van der Waals surface area contributed by atoms with Gasteiger partial charge in [0.05, 0.1) is 12.5 Å². The van der Waals surface area contributed by atoms with Crippen molar-refractivity contribution in [1.82, 2.24) is 10.3 Å². The third-order valence-electron chi connectivity index (χ3n) is 2.93. The van der Waals surface area contributed by atoms with E-state index in [1.165, 1.54) is 0 Å². The molecule has 0 aliphatic carbocycles. The summed E-state index contributed by atoms with van der Waals surface area (Å²) in [6, 6.07) is 10.1. The number of rotatable bonds is 5. The van der Waals surface area contributed by atoms with Crippen LogP contribution in [0.5, 0.6) is 0 Å². The minimum atomic E-state index is -0.929. The van der Waals surface area contributed by atoms with Crippen molar-refractivity contribution >= 4 is 56.6 Å². The van der Waals surface area contributed by atoms with Crippen LogP contribution in [0.25, 0.3) is 0 Å². The first-order chi connectivity index (χ1) is 10.9. The third-order valence-corrected chi connectivity index (χ3v) is 3.87. The number of nitrogens with one attached hydrogen (secondary N) is 2. The van der Waals surface area contributed by atoms with E-state index in [1.54, 1.807) is 36.5 Å². The molecule has 1 aromatic heterocycles. The number of thiocarbonyl (C=S) groups is 1. The number of anilines is 1. The smallest absolute Gasteiger partial charge is 0.305 e. The Balaban J connectivity index is 2.07. The number of aliphatic carboxylic acids is 1. The highest BCUT2D eigenvalue weighted by Crippen LogP contribution is 2.20.